The molecule has 0 saturated heterocycles. The van der Waals surface area contributed by atoms with Gasteiger partial charge in [-0.15, -0.1) is 0 Å². The van der Waals surface area contributed by atoms with E-state index in [9.17, 15) is 0 Å². The number of nitrogens with zero attached hydrogens (tertiary/aromatic N) is 3. The summed E-state index contributed by atoms with van der Waals surface area (Å²) in [5.41, 5.74) is 8.75. The average Bonchev–Trinajstić information content (AvgIpc) is 3.42. The van der Waals surface area contributed by atoms with E-state index in [2.05, 4.69) is 121 Å². The lowest BCUT2D eigenvalue weighted by molar-refractivity contribution is -0.0399. The van der Waals surface area contributed by atoms with Crippen molar-refractivity contribution in [3.63, 3.8) is 0 Å². The van der Waals surface area contributed by atoms with Crippen LogP contribution in [0.4, 0.5) is 0 Å². The van der Waals surface area contributed by atoms with Crippen LogP contribution >= 0.6 is 11.6 Å². The molecular formula is C45H34ClN3. The Labute approximate surface area is 291 Å². The van der Waals surface area contributed by atoms with Gasteiger partial charge < -0.3 is 0 Å². The topological polar surface area (TPSA) is 38.7 Å². The van der Waals surface area contributed by atoms with E-state index in [0.717, 1.165) is 50.1 Å². The first kappa shape index (κ1) is 28.0. The van der Waals surface area contributed by atoms with Gasteiger partial charge in [-0.2, -0.15) is 0 Å². The summed E-state index contributed by atoms with van der Waals surface area (Å²) in [7, 11) is 0. The zero-order valence-electron chi connectivity index (χ0n) is 27.1. The molecule has 0 unspecified atom stereocenters. The maximum absolute atomic E-state index is 6.70. The maximum Gasteiger partial charge on any atom is 0.164 e. The molecule has 5 aliphatic carbocycles. The van der Waals surface area contributed by atoms with Crippen LogP contribution in [-0.4, -0.2) is 15.0 Å². The molecule has 0 radical (unpaired) electrons. The summed E-state index contributed by atoms with van der Waals surface area (Å²) in [6.07, 6.45) is 6.77. The van der Waals surface area contributed by atoms with Gasteiger partial charge in [0.15, 0.2) is 17.5 Å². The van der Waals surface area contributed by atoms with Crippen LogP contribution in [0.15, 0.2) is 121 Å². The predicted molar refractivity (Wildman–Crippen MR) is 199 cm³/mol. The number of aromatic nitrogens is 3. The summed E-state index contributed by atoms with van der Waals surface area (Å²) < 4.78 is 0. The first-order chi connectivity index (χ1) is 24.1. The Hall–Kier alpha value is -4.86. The Morgan fingerprint density at radius 1 is 0.469 bits per heavy atom. The second-order valence-corrected chi connectivity index (χ2v) is 15.4. The largest absolute Gasteiger partial charge is 0.208 e. The summed E-state index contributed by atoms with van der Waals surface area (Å²) in [5.74, 6) is 5.20. The highest BCUT2D eigenvalue weighted by molar-refractivity contribution is 6.31. The average molecular weight is 652 g/mol. The molecule has 4 fully saturated rings. The number of benzene rings is 6. The third kappa shape index (κ3) is 4.00. The highest BCUT2D eigenvalue weighted by Crippen LogP contribution is 2.69. The molecule has 4 saturated carbocycles. The van der Waals surface area contributed by atoms with Crippen molar-refractivity contribution < 1.29 is 0 Å². The summed E-state index contributed by atoms with van der Waals surface area (Å²) in [5, 5.41) is 5.43. The van der Waals surface area contributed by atoms with Gasteiger partial charge in [-0.25, -0.2) is 15.0 Å². The van der Waals surface area contributed by atoms with E-state index in [-0.39, 0.29) is 5.41 Å². The lowest BCUT2D eigenvalue weighted by Gasteiger charge is -2.61. The third-order valence-corrected chi connectivity index (χ3v) is 12.8. The van der Waals surface area contributed by atoms with Crippen molar-refractivity contribution in [1.29, 1.82) is 0 Å². The molecule has 0 amide bonds. The molecule has 0 aliphatic heterocycles. The van der Waals surface area contributed by atoms with Crippen LogP contribution in [0, 0.1) is 23.7 Å². The van der Waals surface area contributed by atoms with E-state index in [1.807, 2.05) is 0 Å². The molecule has 1 spiro atoms. The van der Waals surface area contributed by atoms with Crippen molar-refractivity contribution in [1.82, 2.24) is 15.0 Å². The van der Waals surface area contributed by atoms with Crippen molar-refractivity contribution >= 4 is 33.1 Å². The van der Waals surface area contributed by atoms with Gasteiger partial charge in [0.2, 0.25) is 0 Å². The van der Waals surface area contributed by atoms with Crippen LogP contribution < -0.4 is 0 Å². The monoisotopic (exact) mass is 651 g/mol. The minimum atomic E-state index is 0.0304. The maximum atomic E-state index is 6.70. The second kappa shape index (κ2) is 10.3. The van der Waals surface area contributed by atoms with Crippen LogP contribution in [0.1, 0.15) is 43.2 Å². The van der Waals surface area contributed by atoms with E-state index in [1.165, 1.54) is 65.1 Å². The van der Waals surface area contributed by atoms with E-state index >= 15 is 0 Å². The number of rotatable bonds is 3. The third-order valence-electron chi connectivity index (χ3n) is 12.6. The molecule has 7 aromatic rings. The molecule has 0 N–H and O–H groups in total. The van der Waals surface area contributed by atoms with Crippen molar-refractivity contribution in [2.75, 3.05) is 0 Å². The van der Waals surface area contributed by atoms with E-state index in [4.69, 9.17) is 26.6 Å². The van der Waals surface area contributed by atoms with Crippen molar-refractivity contribution in [3.8, 4) is 45.3 Å². The van der Waals surface area contributed by atoms with Gasteiger partial charge >= 0.3 is 0 Å². The predicted octanol–water partition coefficient (Wildman–Crippen LogP) is 11.6. The molecule has 236 valence electrons. The fourth-order valence-electron chi connectivity index (χ4n) is 10.9. The van der Waals surface area contributed by atoms with Gasteiger partial charge in [-0.3, -0.25) is 0 Å². The molecule has 5 aliphatic rings. The summed E-state index contributed by atoms with van der Waals surface area (Å²) in [4.78, 5) is 15.8. The summed E-state index contributed by atoms with van der Waals surface area (Å²) in [6.45, 7) is 0. The number of halogens is 1. The minimum absolute atomic E-state index is 0.0304. The first-order valence-electron chi connectivity index (χ1n) is 17.8. The number of hydrogen-bond acceptors (Lipinski definition) is 3. The Balaban J connectivity index is 1.16. The highest BCUT2D eigenvalue weighted by Gasteiger charge is 2.61. The van der Waals surface area contributed by atoms with Gasteiger partial charge in [-0.05, 0) is 118 Å². The molecule has 4 heteroatoms. The van der Waals surface area contributed by atoms with Crippen molar-refractivity contribution in [2.24, 2.45) is 23.7 Å². The Morgan fingerprint density at radius 3 is 1.67 bits per heavy atom. The van der Waals surface area contributed by atoms with Gasteiger partial charge in [0, 0.05) is 27.1 Å². The molecule has 49 heavy (non-hydrogen) atoms. The lowest BCUT2D eigenvalue weighted by atomic mass is 9.43. The molecule has 0 atom stereocenters. The standard InChI is InChI=1S/C45H34ClN3/c46-33-16-18-40-39(25-33)36-17-15-30(24-41(36)45(40)31-20-26-19-27(22-31)23-32(45)21-26)42-47-43(37-13-5-9-28-7-1-3-11-34(28)37)49-44(48-42)38-14-6-10-29-8-2-4-12-35(29)38/h1-18,24-27,31-32H,19-23H2. The first-order valence-corrected chi connectivity index (χ1v) is 18.2. The van der Waals surface area contributed by atoms with Gasteiger partial charge in [0.25, 0.3) is 0 Å². The zero-order chi connectivity index (χ0) is 32.3. The molecule has 3 nitrogen and oxygen atoms in total. The normalized spacial score (nSPS) is 24.5. The fraction of sp³-hybridized carbons (Fsp3) is 0.222. The van der Waals surface area contributed by atoms with Crippen LogP contribution in [0.5, 0.6) is 0 Å². The number of fused-ring (bicyclic) bond motifs is 5. The Kier molecular flexibility index (Phi) is 5.90. The van der Waals surface area contributed by atoms with Gasteiger partial charge in [0.05, 0.1) is 0 Å². The quantitative estimate of drug-likeness (QED) is 0.191. The Morgan fingerprint density at radius 2 is 1.04 bits per heavy atom. The molecule has 6 aromatic carbocycles. The second-order valence-electron chi connectivity index (χ2n) is 15.0. The van der Waals surface area contributed by atoms with Crippen LogP contribution in [-0.2, 0) is 5.41 Å². The Bertz CT molecular complexity index is 2360. The SMILES string of the molecule is Clc1ccc2c(c1)-c1ccc(-c3nc(-c4cccc5ccccc45)nc(-c4cccc5ccccc45)n3)cc1C21C2CC3CC(C2)CC1C3. The molecule has 1 aromatic heterocycles. The van der Waals surface area contributed by atoms with Crippen LogP contribution in [0.25, 0.3) is 66.8 Å². The fourth-order valence-corrected chi connectivity index (χ4v) is 11.1. The van der Waals surface area contributed by atoms with Crippen LogP contribution in [0.3, 0.4) is 0 Å². The molecule has 1 heterocycles. The van der Waals surface area contributed by atoms with Crippen molar-refractivity contribution in [2.45, 2.75) is 37.5 Å². The summed E-state index contributed by atoms with van der Waals surface area (Å²) >= 11 is 6.70. The van der Waals surface area contributed by atoms with E-state index in [1.54, 1.807) is 0 Å². The lowest BCUT2D eigenvalue weighted by Crippen LogP contribution is -2.55. The van der Waals surface area contributed by atoms with Crippen LogP contribution in [0.2, 0.25) is 5.02 Å². The van der Waals surface area contributed by atoms with Gasteiger partial charge in [0.1, 0.15) is 0 Å². The van der Waals surface area contributed by atoms with Crippen molar-refractivity contribution in [3.05, 3.63) is 137 Å². The smallest absolute Gasteiger partial charge is 0.164 e. The molecule has 12 rings (SSSR count). The molecular weight excluding hydrogens is 618 g/mol. The zero-order valence-corrected chi connectivity index (χ0v) is 27.9. The van der Waals surface area contributed by atoms with E-state index < -0.39 is 0 Å². The molecule has 4 bridgehead atoms. The number of hydrogen-bond donors (Lipinski definition) is 0. The van der Waals surface area contributed by atoms with Gasteiger partial charge in [-0.1, -0.05) is 115 Å². The summed E-state index contributed by atoms with van der Waals surface area (Å²) in [6, 6.07) is 43.5. The highest BCUT2D eigenvalue weighted by atomic mass is 35.5. The van der Waals surface area contributed by atoms with E-state index in [0.29, 0.717) is 23.5 Å². The minimum Gasteiger partial charge on any atom is -0.208 e.